The maximum atomic E-state index is 12.4. The number of halogens is 1. The summed E-state index contributed by atoms with van der Waals surface area (Å²) in [6.07, 6.45) is 1.68. The minimum atomic E-state index is -3.70. The van der Waals surface area contributed by atoms with E-state index in [9.17, 15) is 13.2 Å². The summed E-state index contributed by atoms with van der Waals surface area (Å²) in [6, 6.07) is 7.84. The largest absolute Gasteiger partial charge is 0.466 e. The highest BCUT2D eigenvalue weighted by Crippen LogP contribution is 2.42. The fraction of sp³-hybridized carbons (Fsp3) is 0.450. The van der Waals surface area contributed by atoms with Crippen LogP contribution in [0.4, 0.5) is 0 Å². The lowest BCUT2D eigenvalue weighted by atomic mass is 9.74. The van der Waals surface area contributed by atoms with E-state index in [-0.39, 0.29) is 35.2 Å². The van der Waals surface area contributed by atoms with Crippen LogP contribution in [0.25, 0.3) is 0 Å². The summed E-state index contributed by atoms with van der Waals surface area (Å²) in [5, 5.41) is 3.36. The molecular weight excluding hydrogens is 400 g/mol. The lowest BCUT2D eigenvalue weighted by Crippen LogP contribution is -2.37. The van der Waals surface area contributed by atoms with Gasteiger partial charge >= 0.3 is 0 Å². The average Bonchev–Trinajstić information content (AvgIpc) is 2.93. The van der Waals surface area contributed by atoms with Gasteiger partial charge in [0.1, 0.15) is 11.5 Å². The molecule has 1 atom stereocenters. The first kappa shape index (κ1) is 20.9. The van der Waals surface area contributed by atoms with Gasteiger partial charge in [0, 0.05) is 30.0 Å². The lowest BCUT2D eigenvalue weighted by molar-refractivity contribution is -0.122. The summed E-state index contributed by atoms with van der Waals surface area (Å²) < 4.78 is 32.8. The number of carbonyl (C=O) groups is 1. The van der Waals surface area contributed by atoms with Crippen LogP contribution in [0, 0.1) is 12.3 Å². The van der Waals surface area contributed by atoms with Gasteiger partial charge in [0.15, 0.2) is 0 Å². The maximum absolute atomic E-state index is 12.4. The second-order valence-electron chi connectivity index (χ2n) is 8.01. The predicted molar refractivity (Wildman–Crippen MR) is 108 cm³/mol. The number of sulfonamides is 1. The Kier molecular flexibility index (Phi) is 5.89. The standard InChI is InChI=1S/C20H25ClN2O4S/c1-13-9-16-17(11-20(2,3)12-18(16)27-13)23-19(24)7-8-22-28(25,26)15-6-4-5-14(21)10-15/h4-6,9-10,17,22H,7-8,11-12H2,1-3H3,(H,23,24). The highest BCUT2D eigenvalue weighted by Gasteiger charge is 2.35. The van der Waals surface area contributed by atoms with Gasteiger partial charge in [0.2, 0.25) is 15.9 Å². The summed E-state index contributed by atoms with van der Waals surface area (Å²) in [5.74, 6) is 1.54. The van der Waals surface area contributed by atoms with E-state index in [0.29, 0.717) is 5.02 Å². The second kappa shape index (κ2) is 7.89. The van der Waals surface area contributed by atoms with E-state index in [4.69, 9.17) is 16.0 Å². The zero-order chi connectivity index (χ0) is 20.5. The van der Waals surface area contributed by atoms with Crippen molar-refractivity contribution in [1.82, 2.24) is 10.0 Å². The molecule has 1 unspecified atom stereocenters. The van der Waals surface area contributed by atoms with Crippen LogP contribution in [-0.4, -0.2) is 20.9 Å². The van der Waals surface area contributed by atoms with Crippen molar-refractivity contribution in [2.75, 3.05) is 6.54 Å². The molecule has 152 valence electrons. The minimum absolute atomic E-state index is 0.00800. The van der Waals surface area contributed by atoms with E-state index in [2.05, 4.69) is 23.9 Å². The molecule has 28 heavy (non-hydrogen) atoms. The Morgan fingerprint density at radius 1 is 1.32 bits per heavy atom. The third-order valence-electron chi connectivity index (χ3n) is 4.82. The van der Waals surface area contributed by atoms with Gasteiger partial charge < -0.3 is 9.73 Å². The van der Waals surface area contributed by atoms with Gasteiger partial charge in [0.05, 0.1) is 10.9 Å². The van der Waals surface area contributed by atoms with Gasteiger partial charge in [-0.05, 0) is 43.0 Å². The molecule has 2 aromatic rings. The third kappa shape index (κ3) is 4.96. The Bertz CT molecular complexity index is 982. The summed E-state index contributed by atoms with van der Waals surface area (Å²) in [5.41, 5.74) is 1.04. The molecule has 0 saturated heterocycles. The highest BCUT2D eigenvalue weighted by atomic mass is 35.5. The first-order valence-electron chi connectivity index (χ1n) is 9.20. The number of amides is 1. The topological polar surface area (TPSA) is 88.4 Å². The number of rotatable bonds is 6. The quantitative estimate of drug-likeness (QED) is 0.739. The normalized spacial score (nSPS) is 18.5. The molecule has 1 aromatic carbocycles. The minimum Gasteiger partial charge on any atom is -0.466 e. The molecule has 2 N–H and O–H groups in total. The Morgan fingerprint density at radius 3 is 2.79 bits per heavy atom. The molecule has 1 aromatic heterocycles. The maximum Gasteiger partial charge on any atom is 0.240 e. The van der Waals surface area contributed by atoms with E-state index >= 15 is 0 Å². The molecule has 3 rings (SSSR count). The molecule has 0 bridgehead atoms. The number of nitrogens with one attached hydrogen (secondary N) is 2. The molecule has 0 aliphatic heterocycles. The summed E-state index contributed by atoms with van der Waals surface area (Å²) in [4.78, 5) is 12.5. The molecule has 1 heterocycles. The first-order chi connectivity index (χ1) is 13.1. The molecule has 0 fully saturated rings. The molecule has 8 heteroatoms. The molecule has 0 spiro atoms. The van der Waals surface area contributed by atoms with Crippen molar-refractivity contribution in [3.8, 4) is 0 Å². The molecule has 1 aliphatic rings. The van der Waals surface area contributed by atoms with Crippen molar-refractivity contribution in [3.05, 3.63) is 52.4 Å². The van der Waals surface area contributed by atoms with Crippen molar-refractivity contribution in [2.24, 2.45) is 5.41 Å². The van der Waals surface area contributed by atoms with E-state index in [1.54, 1.807) is 12.1 Å². The lowest BCUT2D eigenvalue weighted by Gasteiger charge is -2.34. The number of hydrogen-bond donors (Lipinski definition) is 2. The molecule has 0 saturated carbocycles. The number of carbonyl (C=O) groups excluding carboxylic acids is 1. The van der Waals surface area contributed by atoms with Gasteiger partial charge in [-0.3, -0.25) is 4.79 Å². The zero-order valence-corrected chi connectivity index (χ0v) is 17.8. The Morgan fingerprint density at radius 2 is 2.07 bits per heavy atom. The fourth-order valence-electron chi connectivity index (χ4n) is 3.60. The first-order valence-corrected chi connectivity index (χ1v) is 11.1. The van der Waals surface area contributed by atoms with Crippen LogP contribution < -0.4 is 10.0 Å². The van der Waals surface area contributed by atoms with Gasteiger partial charge in [-0.1, -0.05) is 31.5 Å². The van der Waals surface area contributed by atoms with Crippen LogP contribution in [0.3, 0.4) is 0 Å². The summed E-state index contributed by atoms with van der Waals surface area (Å²) >= 11 is 5.85. The predicted octanol–water partition coefficient (Wildman–Crippen LogP) is 3.74. The number of furan rings is 1. The van der Waals surface area contributed by atoms with Crippen molar-refractivity contribution < 1.29 is 17.6 Å². The average molecular weight is 425 g/mol. The van der Waals surface area contributed by atoms with Gasteiger partial charge in [-0.2, -0.15) is 0 Å². The highest BCUT2D eigenvalue weighted by molar-refractivity contribution is 7.89. The number of benzene rings is 1. The van der Waals surface area contributed by atoms with E-state index in [1.807, 2.05) is 13.0 Å². The molecule has 1 aliphatic carbocycles. The van der Waals surface area contributed by atoms with Crippen molar-refractivity contribution in [2.45, 2.75) is 51.0 Å². The van der Waals surface area contributed by atoms with Gasteiger partial charge in [-0.15, -0.1) is 0 Å². The summed E-state index contributed by atoms with van der Waals surface area (Å²) in [6.45, 7) is 6.20. The number of fused-ring (bicyclic) bond motifs is 1. The second-order valence-corrected chi connectivity index (χ2v) is 10.2. The fourth-order valence-corrected chi connectivity index (χ4v) is 4.93. The van der Waals surface area contributed by atoms with Gasteiger partial charge in [0.25, 0.3) is 0 Å². The van der Waals surface area contributed by atoms with Crippen LogP contribution in [0.2, 0.25) is 5.02 Å². The van der Waals surface area contributed by atoms with Crippen LogP contribution >= 0.6 is 11.6 Å². The third-order valence-corrected chi connectivity index (χ3v) is 6.52. The Hall–Kier alpha value is -1.83. The zero-order valence-electron chi connectivity index (χ0n) is 16.2. The van der Waals surface area contributed by atoms with Crippen molar-refractivity contribution >= 4 is 27.5 Å². The monoisotopic (exact) mass is 424 g/mol. The number of aryl methyl sites for hydroxylation is 1. The smallest absolute Gasteiger partial charge is 0.240 e. The summed E-state index contributed by atoms with van der Waals surface area (Å²) in [7, 11) is -3.70. The molecular formula is C20H25ClN2O4S. The number of hydrogen-bond acceptors (Lipinski definition) is 4. The van der Waals surface area contributed by atoms with Crippen LogP contribution in [0.5, 0.6) is 0 Å². The molecule has 1 amide bonds. The molecule has 6 nitrogen and oxygen atoms in total. The van der Waals surface area contributed by atoms with Crippen molar-refractivity contribution in [3.63, 3.8) is 0 Å². The van der Waals surface area contributed by atoms with E-state index < -0.39 is 10.0 Å². The Balaban J connectivity index is 1.59. The van der Waals surface area contributed by atoms with E-state index in [1.165, 1.54) is 12.1 Å². The van der Waals surface area contributed by atoms with Crippen LogP contribution in [0.15, 0.2) is 39.6 Å². The van der Waals surface area contributed by atoms with Crippen LogP contribution in [0.1, 0.15) is 49.8 Å². The van der Waals surface area contributed by atoms with Gasteiger partial charge in [-0.25, -0.2) is 13.1 Å². The van der Waals surface area contributed by atoms with E-state index in [0.717, 1.165) is 29.9 Å². The Labute approximate surface area is 170 Å². The SMILES string of the molecule is Cc1cc2c(o1)CC(C)(C)CC2NC(=O)CCNS(=O)(=O)c1cccc(Cl)c1. The van der Waals surface area contributed by atoms with Crippen LogP contribution in [-0.2, 0) is 21.2 Å². The molecule has 0 radical (unpaired) electrons. The van der Waals surface area contributed by atoms with Crippen molar-refractivity contribution in [1.29, 1.82) is 0 Å².